The van der Waals surface area contributed by atoms with Gasteiger partial charge in [0.1, 0.15) is 0 Å². The molecule has 1 unspecified atom stereocenters. The van der Waals surface area contributed by atoms with Gasteiger partial charge in [-0.15, -0.1) is 0 Å². The van der Waals surface area contributed by atoms with E-state index in [1.807, 2.05) is 0 Å². The number of nitrogens with zero attached hydrogens (tertiary/aromatic N) is 1. The molecule has 3 rings (SSSR count). The number of fused-ring (bicyclic) bond motifs is 1. The van der Waals surface area contributed by atoms with Crippen molar-refractivity contribution in [3.8, 4) is 0 Å². The van der Waals surface area contributed by atoms with Crippen molar-refractivity contribution in [2.45, 2.75) is 20.0 Å². The summed E-state index contributed by atoms with van der Waals surface area (Å²) in [6.07, 6.45) is -1.20. The van der Waals surface area contributed by atoms with E-state index in [0.717, 1.165) is 4.90 Å². The van der Waals surface area contributed by atoms with Crippen LogP contribution < -0.4 is 15.5 Å². The highest BCUT2D eigenvalue weighted by Gasteiger charge is 2.36. The van der Waals surface area contributed by atoms with E-state index in [9.17, 15) is 24.0 Å². The number of ether oxygens (including phenoxy) is 1. The van der Waals surface area contributed by atoms with Gasteiger partial charge in [0.2, 0.25) is 0 Å². The highest BCUT2D eigenvalue weighted by atomic mass is 16.5. The van der Waals surface area contributed by atoms with Crippen LogP contribution in [0, 0.1) is 0 Å². The van der Waals surface area contributed by atoms with E-state index in [-0.39, 0.29) is 5.56 Å². The van der Waals surface area contributed by atoms with Gasteiger partial charge in [-0.05, 0) is 50.2 Å². The fourth-order valence-corrected chi connectivity index (χ4v) is 2.87. The van der Waals surface area contributed by atoms with E-state index >= 15 is 0 Å². The number of anilines is 1. The Morgan fingerprint density at radius 2 is 1.53 bits per heavy atom. The lowest BCUT2D eigenvalue weighted by atomic mass is 10.1. The van der Waals surface area contributed by atoms with Crippen molar-refractivity contribution < 1.29 is 28.7 Å². The van der Waals surface area contributed by atoms with E-state index in [2.05, 4.69) is 10.6 Å². The maximum absolute atomic E-state index is 12.5. The number of hydrogen-bond donors (Lipinski definition) is 2. The first-order valence-electron chi connectivity index (χ1n) is 9.21. The number of imide groups is 2. The molecule has 2 aromatic carbocycles. The van der Waals surface area contributed by atoms with Crippen LogP contribution in [0.15, 0.2) is 48.5 Å². The summed E-state index contributed by atoms with van der Waals surface area (Å²) in [4.78, 5) is 61.6. The molecule has 1 atom stereocenters. The molecule has 9 nitrogen and oxygen atoms in total. The molecule has 0 aliphatic carbocycles. The predicted octanol–water partition coefficient (Wildman–Crippen LogP) is 1.88. The Morgan fingerprint density at radius 1 is 0.967 bits per heavy atom. The van der Waals surface area contributed by atoms with Gasteiger partial charge < -0.3 is 10.1 Å². The Kier molecular flexibility index (Phi) is 5.91. The Morgan fingerprint density at radius 3 is 2.07 bits per heavy atom. The molecule has 1 aliphatic heterocycles. The summed E-state index contributed by atoms with van der Waals surface area (Å²) in [6.45, 7) is 3.37. The first kappa shape index (κ1) is 20.7. The number of esters is 1. The van der Waals surface area contributed by atoms with Crippen molar-refractivity contribution in [2.75, 3.05) is 11.4 Å². The molecule has 30 heavy (non-hydrogen) atoms. The number of amides is 5. The summed E-state index contributed by atoms with van der Waals surface area (Å²) >= 11 is 0. The van der Waals surface area contributed by atoms with E-state index in [1.54, 1.807) is 31.2 Å². The maximum atomic E-state index is 12.5. The molecule has 0 spiro atoms. The van der Waals surface area contributed by atoms with Gasteiger partial charge in [-0.25, -0.2) is 14.5 Å². The highest BCUT2D eigenvalue weighted by molar-refractivity contribution is 6.34. The molecule has 0 aromatic heterocycles. The second-order valence-corrected chi connectivity index (χ2v) is 6.43. The minimum Gasteiger partial charge on any atom is -0.449 e. The lowest BCUT2D eigenvalue weighted by Crippen LogP contribution is -2.44. The van der Waals surface area contributed by atoms with Crippen LogP contribution in [0.5, 0.6) is 0 Å². The highest BCUT2D eigenvalue weighted by Crippen LogP contribution is 2.28. The number of rotatable bonds is 5. The molecule has 0 radical (unpaired) electrons. The zero-order valence-electron chi connectivity index (χ0n) is 16.3. The molecule has 154 valence electrons. The summed E-state index contributed by atoms with van der Waals surface area (Å²) in [5.74, 6) is -2.44. The van der Waals surface area contributed by atoms with Gasteiger partial charge >= 0.3 is 12.0 Å². The molecule has 0 fully saturated rings. The Bertz CT molecular complexity index is 996. The number of carbonyl (C=O) groups is 5. The maximum Gasteiger partial charge on any atom is 0.338 e. The molecular weight excluding hydrogens is 390 g/mol. The van der Waals surface area contributed by atoms with Gasteiger partial charge in [0.25, 0.3) is 17.7 Å². The molecule has 2 aromatic rings. The molecular formula is C21H19N3O6. The lowest BCUT2D eigenvalue weighted by Gasteiger charge is -2.15. The lowest BCUT2D eigenvalue weighted by molar-refractivity contribution is -0.127. The fourth-order valence-electron chi connectivity index (χ4n) is 2.87. The van der Waals surface area contributed by atoms with Crippen molar-refractivity contribution in [2.24, 2.45) is 0 Å². The number of hydrogen-bond acceptors (Lipinski definition) is 6. The molecule has 0 saturated carbocycles. The topological polar surface area (TPSA) is 122 Å². The minimum absolute atomic E-state index is 0.119. The zero-order chi connectivity index (χ0) is 21.8. The molecule has 2 N–H and O–H groups in total. The standard InChI is InChI=1S/C21H19N3O6/c1-3-22-21(29)23-17(25)12(2)30-20(28)13-8-10-14(11-9-13)24-18(26)15-6-4-5-7-16(15)19(24)27/h4-12H,3H2,1-2H3,(H2,22,23,25,29). The molecule has 1 aliphatic rings. The molecule has 0 bridgehead atoms. The van der Waals surface area contributed by atoms with Gasteiger partial charge in [-0.2, -0.15) is 0 Å². The van der Waals surface area contributed by atoms with Crippen LogP contribution in [0.2, 0.25) is 0 Å². The summed E-state index contributed by atoms with van der Waals surface area (Å²) in [5, 5.41) is 4.45. The largest absolute Gasteiger partial charge is 0.449 e. The third-order valence-electron chi connectivity index (χ3n) is 4.38. The Balaban J connectivity index is 1.67. The van der Waals surface area contributed by atoms with E-state index in [4.69, 9.17) is 4.74 Å². The van der Waals surface area contributed by atoms with Crippen LogP contribution in [0.25, 0.3) is 0 Å². The van der Waals surface area contributed by atoms with E-state index < -0.39 is 35.8 Å². The van der Waals surface area contributed by atoms with Crippen LogP contribution in [0.4, 0.5) is 10.5 Å². The number of carbonyl (C=O) groups excluding carboxylic acids is 5. The predicted molar refractivity (Wildman–Crippen MR) is 106 cm³/mol. The Hall–Kier alpha value is -4.01. The second-order valence-electron chi connectivity index (χ2n) is 6.43. The summed E-state index contributed by atoms with van der Waals surface area (Å²) in [7, 11) is 0. The first-order chi connectivity index (χ1) is 14.3. The average molecular weight is 409 g/mol. The molecule has 0 saturated heterocycles. The number of benzene rings is 2. The molecule has 9 heteroatoms. The van der Waals surface area contributed by atoms with Gasteiger partial charge in [0.15, 0.2) is 6.10 Å². The van der Waals surface area contributed by atoms with Crippen LogP contribution in [0.1, 0.15) is 44.9 Å². The van der Waals surface area contributed by atoms with Crippen molar-refractivity contribution in [3.63, 3.8) is 0 Å². The monoisotopic (exact) mass is 409 g/mol. The van der Waals surface area contributed by atoms with Gasteiger partial charge in [-0.3, -0.25) is 19.7 Å². The quantitative estimate of drug-likeness (QED) is 0.574. The summed E-state index contributed by atoms with van der Waals surface area (Å²) in [6, 6.07) is 11.5. The second kappa shape index (κ2) is 8.56. The zero-order valence-corrected chi connectivity index (χ0v) is 16.3. The Labute approximate surface area is 172 Å². The van der Waals surface area contributed by atoms with Crippen LogP contribution in [-0.4, -0.2) is 42.4 Å². The van der Waals surface area contributed by atoms with Gasteiger partial charge in [0, 0.05) is 6.54 Å². The van der Waals surface area contributed by atoms with Crippen molar-refractivity contribution in [1.82, 2.24) is 10.6 Å². The fraction of sp³-hybridized carbons (Fsp3) is 0.190. The van der Waals surface area contributed by atoms with Gasteiger partial charge in [0.05, 0.1) is 22.4 Å². The molecule has 1 heterocycles. The summed E-state index contributed by atoms with van der Waals surface area (Å²) in [5.41, 5.74) is 1.06. The van der Waals surface area contributed by atoms with Crippen LogP contribution >= 0.6 is 0 Å². The average Bonchev–Trinajstić information content (AvgIpc) is 2.99. The SMILES string of the molecule is CCNC(=O)NC(=O)C(C)OC(=O)c1ccc(N2C(=O)c3ccccc3C2=O)cc1. The number of urea groups is 1. The van der Waals surface area contributed by atoms with Crippen molar-refractivity contribution in [1.29, 1.82) is 0 Å². The van der Waals surface area contributed by atoms with Crippen molar-refractivity contribution in [3.05, 3.63) is 65.2 Å². The third kappa shape index (κ3) is 4.04. The van der Waals surface area contributed by atoms with Crippen molar-refractivity contribution >= 4 is 35.4 Å². The normalized spacial score (nSPS) is 13.5. The van der Waals surface area contributed by atoms with E-state index in [1.165, 1.54) is 31.2 Å². The van der Waals surface area contributed by atoms with E-state index in [0.29, 0.717) is 23.4 Å². The molecule has 5 amide bonds. The van der Waals surface area contributed by atoms with Crippen LogP contribution in [-0.2, 0) is 9.53 Å². The minimum atomic E-state index is -1.20. The smallest absolute Gasteiger partial charge is 0.338 e. The van der Waals surface area contributed by atoms with Gasteiger partial charge in [-0.1, -0.05) is 12.1 Å². The number of nitrogens with one attached hydrogen (secondary N) is 2. The summed E-state index contributed by atoms with van der Waals surface area (Å²) < 4.78 is 5.06. The first-order valence-corrected chi connectivity index (χ1v) is 9.21. The third-order valence-corrected chi connectivity index (χ3v) is 4.38. The van der Waals surface area contributed by atoms with Crippen LogP contribution in [0.3, 0.4) is 0 Å².